The van der Waals surface area contributed by atoms with Crippen LogP contribution in [0.3, 0.4) is 0 Å². The average molecular weight is 368 g/mol. The summed E-state index contributed by atoms with van der Waals surface area (Å²) < 4.78 is 5.22. The summed E-state index contributed by atoms with van der Waals surface area (Å²) >= 11 is 0. The first-order chi connectivity index (χ1) is 13.2. The summed E-state index contributed by atoms with van der Waals surface area (Å²) in [5.74, 6) is 0.843. The SMILES string of the molecule is COc1cccc(CCNC(=O)NC2CCN(Cc3ccncc3)CC2)c1. The second-order valence-corrected chi connectivity index (χ2v) is 6.91. The highest BCUT2D eigenvalue weighted by molar-refractivity contribution is 5.74. The average Bonchev–Trinajstić information content (AvgIpc) is 2.70. The van der Waals surface area contributed by atoms with Crippen molar-refractivity contribution in [3.63, 3.8) is 0 Å². The molecule has 6 nitrogen and oxygen atoms in total. The highest BCUT2D eigenvalue weighted by Gasteiger charge is 2.20. The van der Waals surface area contributed by atoms with E-state index in [2.05, 4.69) is 32.7 Å². The van der Waals surface area contributed by atoms with Crippen LogP contribution in [-0.2, 0) is 13.0 Å². The molecule has 2 aromatic rings. The van der Waals surface area contributed by atoms with Crippen LogP contribution in [0.15, 0.2) is 48.8 Å². The molecule has 1 fully saturated rings. The number of amides is 2. The number of pyridine rings is 1. The van der Waals surface area contributed by atoms with Crippen molar-refractivity contribution in [2.45, 2.75) is 31.8 Å². The molecule has 0 aliphatic carbocycles. The second-order valence-electron chi connectivity index (χ2n) is 6.91. The standard InChI is InChI=1S/C21H28N4O2/c1-27-20-4-2-3-17(15-20)7-12-23-21(26)24-19-8-13-25(14-9-19)16-18-5-10-22-11-6-18/h2-6,10-11,15,19H,7-9,12-14,16H2,1H3,(H2,23,24,26). The molecule has 0 unspecified atom stereocenters. The monoisotopic (exact) mass is 368 g/mol. The third kappa shape index (κ3) is 6.25. The Morgan fingerprint density at radius 2 is 1.96 bits per heavy atom. The number of nitrogens with one attached hydrogen (secondary N) is 2. The lowest BCUT2D eigenvalue weighted by Crippen LogP contribution is -2.48. The molecule has 3 rings (SSSR count). The molecule has 0 bridgehead atoms. The Balaban J connectivity index is 1.33. The predicted molar refractivity (Wildman–Crippen MR) is 106 cm³/mol. The van der Waals surface area contributed by atoms with Gasteiger partial charge in [-0.1, -0.05) is 12.1 Å². The lowest BCUT2D eigenvalue weighted by atomic mass is 10.0. The Morgan fingerprint density at radius 3 is 2.70 bits per heavy atom. The predicted octanol–water partition coefficient (Wildman–Crippen LogP) is 2.60. The van der Waals surface area contributed by atoms with Gasteiger partial charge in [-0.3, -0.25) is 9.88 Å². The molecule has 0 atom stereocenters. The van der Waals surface area contributed by atoms with E-state index in [1.807, 2.05) is 36.7 Å². The van der Waals surface area contributed by atoms with Gasteiger partial charge in [-0.15, -0.1) is 0 Å². The van der Waals surface area contributed by atoms with Crippen LogP contribution < -0.4 is 15.4 Å². The maximum absolute atomic E-state index is 12.1. The molecule has 2 N–H and O–H groups in total. The molecule has 0 radical (unpaired) electrons. The topological polar surface area (TPSA) is 66.5 Å². The number of carbonyl (C=O) groups is 1. The molecule has 144 valence electrons. The van der Waals surface area contributed by atoms with E-state index in [1.165, 1.54) is 5.56 Å². The second kappa shape index (κ2) is 9.92. The highest BCUT2D eigenvalue weighted by Crippen LogP contribution is 2.14. The van der Waals surface area contributed by atoms with Gasteiger partial charge in [0.2, 0.25) is 0 Å². The van der Waals surface area contributed by atoms with E-state index >= 15 is 0 Å². The van der Waals surface area contributed by atoms with Gasteiger partial charge in [-0.2, -0.15) is 0 Å². The number of ether oxygens (including phenoxy) is 1. The van der Waals surface area contributed by atoms with E-state index in [-0.39, 0.29) is 12.1 Å². The first-order valence-corrected chi connectivity index (χ1v) is 9.51. The summed E-state index contributed by atoms with van der Waals surface area (Å²) in [6, 6.07) is 12.2. The smallest absolute Gasteiger partial charge is 0.315 e. The van der Waals surface area contributed by atoms with Crippen LogP contribution in [0.4, 0.5) is 4.79 Å². The summed E-state index contributed by atoms with van der Waals surface area (Å²) in [5, 5.41) is 6.06. The molecule has 1 aliphatic heterocycles. The van der Waals surface area contributed by atoms with Crippen molar-refractivity contribution in [2.75, 3.05) is 26.7 Å². The molecular weight excluding hydrogens is 340 g/mol. The Labute approximate surface area is 160 Å². The summed E-state index contributed by atoms with van der Waals surface area (Å²) in [6.07, 6.45) is 6.41. The third-order valence-corrected chi connectivity index (χ3v) is 4.91. The maximum atomic E-state index is 12.1. The number of methoxy groups -OCH3 is 1. The maximum Gasteiger partial charge on any atom is 0.315 e. The fraction of sp³-hybridized carbons (Fsp3) is 0.429. The van der Waals surface area contributed by atoms with Crippen molar-refractivity contribution < 1.29 is 9.53 Å². The zero-order valence-electron chi connectivity index (χ0n) is 15.9. The molecule has 1 saturated heterocycles. The molecule has 1 aliphatic rings. The molecule has 0 spiro atoms. The van der Waals surface area contributed by atoms with Gasteiger partial charge in [0.15, 0.2) is 0 Å². The van der Waals surface area contributed by atoms with Crippen molar-refractivity contribution in [2.24, 2.45) is 0 Å². The van der Waals surface area contributed by atoms with Gasteiger partial charge in [0.1, 0.15) is 5.75 Å². The van der Waals surface area contributed by atoms with Crippen molar-refractivity contribution in [1.82, 2.24) is 20.5 Å². The Hall–Kier alpha value is -2.60. The van der Waals surface area contributed by atoms with Gasteiger partial charge >= 0.3 is 6.03 Å². The number of hydrogen-bond acceptors (Lipinski definition) is 4. The molecule has 2 amide bonds. The molecule has 1 aromatic carbocycles. The number of urea groups is 1. The lowest BCUT2D eigenvalue weighted by Gasteiger charge is -2.32. The number of aromatic nitrogens is 1. The summed E-state index contributed by atoms with van der Waals surface area (Å²) in [4.78, 5) is 18.6. The largest absolute Gasteiger partial charge is 0.497 e. The minimum atomic E-state index is -0.0783. The Morgan fingerprint density at radius 1 is 1.19 bits per heavy atom. The van der Waals surface area contributed by atoms with E-state index < -0.39 is 0 Å². The zero-order chi connectivity index (χ0) is 18.9. The minimum absolute atomic E-state index is 0.0783. The first-order valence-electron chi connectivity index (χ1n) is 9.51. The molecule has 0 saturated carbocycles. The summed E-state index contributed by atoms with van der Waals surface area (Å²) in [5.41, 5.74) is 2.44. The van der Waals surface area contributed by atoms with Crippen molar-refractivity contribution in [1.29, 1.82) is 0 Å². The number of rotatable bonds is 7. The van der Waals surface area contributed by atoms with Crippen LogP contribution in [0.25, 0.3) is 0 Å². The van der Waals surface area contributed by atoms with Gasteiger partial charge in [-0.05, 0) is 54.7 Å². The normalized spacial score (nSPS) is 15.3. The van der Waals surface area contributed by atoms with Gasteiger partial charge in [0.05, 0.1) is 7.11 Å². The van der Waals surface area contributed by atoms with Crippen molar-refractivity contribution in [3.05, 3.63) is 59.9 Å². The number of carbonyl (C=O) groups excluding carboxylic acids is 1. The number of piperidine rings is 1. The zero-order valence-corrected chi connectivity index (χ0v) is 15.9. The molecule has 6 heteroatoms. The van der Waals surface area contributed by atoms with Crippen molar-refractivity contribution >= 4 is 6.03 Å². The quantitative estimate of drug-likeness (QED) is 0.788. The molecule has 2 heterocycles. The molecular formula is C21H28N4O2. The van der Waals surface area contributed by atoms with Crippen LogP contribution in [-0.4, -0.2) is 48.7 Å². The highest BCUT2D eigenvalue weighted by atomic mass is 16.5. The van der Waals surface area contributed by atoms with Crippen molar-refractivity contribution in [3.8, 4) is 5.75 Å². The van der Waals surface area contributed by atoms with E-state index in [9.17, 15) is 4.79 Å². The van der Waals surface area contributed by atoms with Crippen LogP contribution in [0.1, 0.15) is 24.0 Å². The van der Waals surface area contributed by atoms with E-state index in [0.717, 1.165) is 50.2 Å². The van der Waals surface area contributed by atoms with Gasteiger partial charge in [-0.25, -0.2) is 4.79 Å². The number of hydrogen-bond donors (Lipinski definition) is 2. The van der Waals surface area contributed by atoms with E-state index in [4.69, 9.17) is 4.74 Å². The first kappa shape index (κ1) is 19.2. The Bertz CT molecular complexity index is 715. The van der Waals surface area contributed by atoms with Gasteiger partial charge < -0.3 is 15.4 Å². The third-order valence-electron chi connectivity index (χ3n) is 4.91. The van der Waals surface area contributed by atoms with Gasteiger partial charge in [0.25, 0.3) is 0 Å². The van der Waals surface area contributed by atoms with Crippen LogP contribution in [0.2, 0.25) is 0 Å². The van der Waals surface area contributed by atoms with E-state index in [0.29, 0.717) is 6.54 Å². The number of likely N-dealkylation sites (tertiary alicyclic amines) is 1. The summed E-state index contributed by atoms with van der Waals surface area (Å²) in [6.45, 7) is 3.55. The van der Waals surface area contributed by atoms with Crippen LogP contribution in [0, 0.1) is 0 Å². The van der Waals surface area contributed by atoms with Gasteiger partial charge in [0, 0.05) is 44.6 Å². The van der Waals surface area contributed by atoms with Crippen LogP contribution in [0.5, 0.6) is 5.75 Å². The number of benzene rings is 1. The molecule has 27 heavy (non-hydrogen) atoms. The minimum Gasteiger partial charge on any atom is -0.497 e. The Kier molecular flexibility index (Phi) is 7.04. The lowest BCUT2D eigenvalue weighted by molar-refractivity contribution is 0.186. The number of nitrogens with zero attached hydrogens (tertiary/aromatic N) is 2. The fourth-order valence-electron chi connectivity index (χ4n) is 3.37. The summed E-state index contributed by atoms with van der Waals surface area (Å²) in [7, 11) is 1.66. The molecule has 1 aromatic heterocycles. The van der Waals surface area contributed by atoms with Crippen LogP contribution >= 0.6 is 0 Å². The fourth-order valence-corrected chi connectivity index (χ4v) is 3.37. The van der Waals surface area contributed by atoms with E-state index in [1.54, 1.807) is 7.11 Å².